The van der Waals surface area contributed by atoms with Gasteiger partial charge in [-0.15, -0.1) is 0 Å². The average molecular weight is 198 g/mol. The van der Waals surface area contributed by atoms with E-state index in [0.29, 0.717) is 12.1 Å². The Morgan fingerprint density at radius 3 is 2.79 bits per heavy atom. The van der Waals surface area contributed by atoms with Gasteiger partial charge in [0.2, 0.25) is 0 Å². The SMILES string of the molecule is CC1CCCN(C2COC2)C1CCN. The second-order valence-corrected chi connectivity index (χ2v) is 4.69. The number of likely N-dealkylation sites (tertiary alicyclic amines) is 1. The lowest BCUT2D eigenvalue weighted by atomic mass is 9.87. The molecule has 2 atom stereocenters. The van der Waals surface area contributed by atoms with Gasteiger partial charge in [-0.3, -0.25) is 4.90 Å². The molecule has 0 aliphatic carbocycles. The minimum absolute atomic E-state index is 0.689. The summed E-state index contributed by atoms with van der Waals surface area (Å²) >= 11 is 0. The maximum atomic E-state index is 5.69. The van der Waals surface area contributed by atoms with E-state index >= 15 is 0 Å². The molecule has 3 heteroatoms. The van der Waals surface area contributed by atoms with Gasteiger partial charge in [0.25, 0.3) is 0 Å². The highest BCUT2D eigenvalue weighted by molar-refractivity contribution is 4.89. The molecule has 0 spiro atoms. The normalized spacial score (nSPS) is 35.6. The van der Waals surface area contributed by atoms with Gasteiger partial charge in [-0.1, -0.05) is 6.92 Å². The molecule has 0 amide bonds. The number of nitrogens with two attached hydrogens (primary N) is 1. The van der Waals surface area contributed by atoms with Crippen molar-refractivity contribution in [2.45, 2.75) is 38.3 Å². The van der Waals surface area contributed by atoms with Crippen molar-refractivity contribution < 1.29 is 4.74 Å². The van der Waals surface area contributed by atoms with E-state index in [9.17, 15) is 0 Å². The predicted octanol–water partition coefficient (Wildman–Crippen LogP) is 0.835. The van der Waals surface area contributed by atoms with Crippen LogP contribution < -0.4 is 5.73 Å². The molecule has 2 fully saturated rings. The molecule has 82 valence electrons. The summed E-state index contributed by atoms with van der Waals surface area (Å²) in [5, 5.41) is 0. The monoisotopic (exact) mass is 198 g/mol. The zero-order valence-electron chi connectivity index (χ0n) is 9.11. The first-order chi connectivity index (χ1) is 6.83. The molecule has 0 radical (unpaired) electrons. The molecular formula is C11H22N2O. The molecule has 2 aliphatic rings. The average Bonchev–Trinajstić information content (AvgIpc) is 2.08. The summed E-state index contributed by atoms with van der Waals surface area (Å²) in [7, 11) is 0. The molecule has 2 unspecified atom stereocenters. The molecule has 0 aromatic rings. The zero-order valence-corrected chi connectivity index (χ0v) is 9.11. The first kappa shape index (κ1) is 10.4. The Kier molecular flexibility index (Phi) is 3.42. The van der Waals surface area contributed by atoms with E-state index in [2.05, 4.69) is 11.8 Å². The highest BCUT2D eigenvalue weighted by Crippen LogP contribution is 2.28. The summed E-state index contributed by atoms with van der Waals surface area (Å²) in [5.74, 6) is 0.813. The van der Waals surface area contributed by atoms with Gasteiger partial charge in [-0.05, 0) is 38.3 Å². The number of nitrogens with zero attached hydrogens (tertiary/aromatic N) is 1. The molecule has 2 saturated heterocycles. The van der Waals surface area contributed by atoms with E-state index in [1.807, 2.05) is 0 Å². The highest BCUT2D eigenvalue weighted by atomic mass is 16.5. The topological polar surface area (TPSA) is 38.5 Å². The van der Waals surface area contributed by atoms with Gasteiger partial charge in [0.15, 0.2) is 0 Å². The summed E-state index contributed by atoms with van der Waals surface area (Å²) in [4.78, 5) is 2.64. The first-order valence-electron chi connectivity index (χ1n) is 5.86. The quantitative estimate of drug-likeness (QED) is 0.730. The van der Waals surface area contributed by atoms with Crippen LogP contribution in [0.3, 0.4) is 0 Å². The summed E-state index contributed by atoms with van der Waals surface area (Å²) in [6, 6.07) is 1.40. The van der Waals surface area contributed by atoms with Crippen molar-refractivity contribution >= 4 is 0 Å². The number of ether oxygens (including phenoxy) is 1. The summed E-state index contributed by atoms with van der Waals surface area (Å²) < 4.78 is 5.28. The summed E-state index contributed by atoms with van der Waals surface area (Å²) in [5.41, 5.74) is 5.69. The number of rotatable bonds is 3. The molecular weight excluding hydrogens is 176 g/mol. The molecule has 3 nitrogen and oxygen atoms in total. The number of hydrogen-bond acceptors (Lipinski definition) is 3. The van der Waals surface area contributed by atoms with Gasteiger partial charge in [0, 0.05) is 6.04 Å². The van der Waals surface area contributed by atoms with Crippen molar-refractivity contribution in [3.05, 3.63) is 0 Å². The van der Waals surface area contributed by atoms with Crippen LogP contribution >= 0.6 is 0 Å². The predicted molar refractivity (Wildman–Crippen MR) is 57.2 cm³/mol. The standard InChI is InChI=1S/C11H22N2O/c1-9-3-2-6-13(10-7-14-8-10)11(9)4-5-12/h9-11H,2-8,12H2,1H3. The second-order valence-electron chi connectivity index (χ2n) is 4.69. The van der Waals surface area contributed by atoms with Crippen molar-refractivity contribution in [1.29, 1.82) is 0 Å². The largest absolute Gasteiger partial charge is 0.378 e. The fraction of sp³-hybridized carbons (Fsp3) is 1.00. The molecule has 2 rings (SSSR count). The summed E-state index contributed by atoms with van der Waals surface area (Å²) in [6.45, 7) is 6.32. The zero-order chi connectivity index (χ0) is 9.97. The van der Waals surface area contributed by atoms with E-state index in [1.165, 1.54) is 19.4 Å². The number of hydrogen-bond donors (Lipinski definition) is 1. The van der Waals surface area contributed by atoms with Crippen LogP contribution in [-0.4, -0.2) is 43.3 Å². The van der Waals surface area contributed by atoms with Gasteiger partial charge in [0.1, 0.15) is 0 Å². The van der Waals surface area contributed by atoms with Crippen LogP contribution in [0.4, 0.5) is 0 Å². The third-order valence-corrected chi connectivity index (χ3v) is 3.71. The van der Waals surface area contributed by atoms with Crippen LogP contribution in [0.1, 0.15) is 26.2 Å². The lowest BCUT2D eigenvalue weighted by Crippen LogP contribution is -2.57. The Morgan fingerprint density at radius 1 is 1.43 bits per heavy atom. The molecule has 14 heavy (non-hydrogen) atoms. The fourth-order valence-electron chi connectivity index (χ4n) is 2.77. The third-order valence-electron chi connectivity index (χ3n) is 3.71. The van der Waals surface area contributed by atoms with E-state index in [-0.39, 0.29) is 0 Å². The van der Waals surface area contributed by atoms with Crippen LogP contribution in [-0.2, 0) is 4.74 Å². The number of piperidine rings is 1. The maximum Gasteiger partial charge on any atom is 0.0645 e. The molecule has 2 heterocycles. The smallest absolute Gasteiger partial charge is 0.0645 e. The lowest BCUT2D eigenvalue weighted by molar-refractivity contribution is -0.0967. The molecule has 0 bridgehead atoms. The van der Waals surface area contributed by atoms with Gasteiger partial charge in [-0.25, -0.2) is 0 Å². The third kappa shape index (κ3) is 1.95. The fourth-order valence-corrected chi connectivity index (χ4v) is 2.77. The second kappa shape index (κ2) is 4.60. The lowest BCUT2D eigenvalue weighted by Gasteiger charge is -2.47. The van der Waals surface area contributed by atoms with Crippen LogP contribution in [0, 0.1) is 5.92 Å². The van der Waals surface area contributed by atoms with Gasteiger partial charge in [-0.2, -0.15) is 0 Å². The maximum absolute atomic E-state index is 5.69. The summed E-state index contributed by atoms with van der Waals surface area (Å²) in [6.07, 6.45) is 3.87. The molecule has 0 aromatic carbocycles. The van der Waals surface area contributed by atoms with Crippen molar-refractivity contribution in [1.82, 2.24) is 4.90 Å². The Hall–Kier alpha value is -0.120. The molecule has 2 N–H and O–H groups in total. The van der Waals surface area contributed by atoms with Crippen LogP contribution in [0.5, 0.6) is 0 Å². The first-order valence-corrected chi connectivity index (χ1v) is 5.86. The van der Waals surface area contributed by atoms with E-state index in [0.717, 1.165) is 32.1 Å². The molecule has 0 saturated carbocycles. The Bertz CT molecular complexity index is 176. The van der Waals surface area contributed by atoms with Crippen molar-refractivity contribution in [2.24, 2.45) is 11.7 Å². The van der Waals surface area contributed by atoms with Crippen molar-refractivity contribution in [3.8, 4) is 0 Å². The molecule has 2 aliphatic heterocycles. The van der Waals surface area contributed by atoms with Crippen molar-refractivity contribution in [3.63, 3.8) is 0 Å². The highest BCUT2D eigenvalue weighted by Gasteiger charge is 2.35. The van der Waals surface area contributed by atoms with Gasteiger partial charge < -0.3 is 10.5 Å². The van der Waals surface area contributed by atoms with E-state index in [1.54, 1.807) is 0 Å². The Balaban J connectivity index is 1.95. The van der Waals surface area contributed by atoms with E-state index < -0.39 is 0 Å². The minimum Gasteiger partial charge on any atom is -0.378 e. The molecule has 0 aromatic heterocycles. The minimum atomic E-state index is 0.689. The van der Waals surface area contributed by atoms with Crippen LogP contribution in [0.25, 0.3) is 0 Å². The van der Waals surface area contributed by atoms with Gasteiger partial charge >= 0.3 is 0 Å². The van der Waals surface area contributed by atoms with Crippen LogP contribution in [0.2, 0.25) is 0 Å². The Labute approximate surface area is 86.6 Å². The van der Waals surface area contributed by atoms with Crippen molar-refractivity contribution in [2.75, 3.05) is 26.3 Å². The van der Waals surface area contributed by atoms with Gasteiger partial charge in [0.05, 0.1) is 19.3 Å². The Morgan fingerprint density at radius 2 is 2.21 bits per heavy atom. The van der Waals surface area contributed by atoms with E-state index in [4.69, 9.17) is 10.5 Å². The van der Waals surface area contributed by atoms with Crippen LogP contribution in [0.15, 0.2) is 0 Å².